The Bertz CT molecular complexity index is 508. The van der Waals surface area contributed by atoms with Crippen molar-refractivity contribution in [2.75, 3.05) is 26.8 Å². The molecule has 0 aliphatic carbocycles. The van der Waals surface area contributed by atoms with E-state index in [1.54, 1.807) is 7.11 Å². The third kappa shape index (κ3) is 4.77. The van der Waals surface area contributed by atoms with Gasteiger partial charge in [0.05, 0.1) is 19.3 Å². The van der Waals surface area contributed by atoms with E-state index in [1.807, 2.05) is 6.07 Å². The smallest absolute Gasteiger partial charge is 0.134 e. The average Bonchev–Trinajstić information content (AvgIpc) is 2.50. The van der Waals surface area contributed by atoms with Crippen molar-refractivity contribution in [1.82, 2.24) is 4.90 Å². The number of aliphatic hydroxyl groups excluding tert-OH is 1. The van der Waals surface area contributed by atoms with Gasteiger partial charge in [-0.05, 0) is 49.5 Å². The molecule has 1 aliphatic rings. The van der Waals surface area contributed by atoms with E-state index < -0.39 is 0 Å². The van der Waals surface area contributed by atoms with Crippen molar-refractivity contribution in [1.29, 1.82) is 0 Å². The molecule has 0 unspecified atom stereocenters. The van der Waals surface area contributed by atoms with E-state index in [2.05, 4.69) is 35.8 Å². The molecule has 0 aromatic heterocycles. The normalized spacial score (nSPS) is 16.3. The van der Waals surface area contributed by atoms with Crippen molar-refractivity contribution < 1.29 is 9.84 Å². The van der Waals surface area contributed by atoms with E-state index in [0.717, 1.165) is 23.8 Å². The number of nitrogens with zero attached hydrogens (tertiary/aromatic N) is 1. The molecule has 0 bridgehead atoms. The van der Waals surface area contributed by atoms with Gasteiger partial charge in [-0.25, -0.2) is 0 Å². The van der Waals surface area contributed by atoms with Gasteiger partial charge in [0, 0.05) is 13.0 Å². The van der Waals surface area contributed by atoms with Crippen LogP contribution in [-0.2, 0) is 6.54 Å². The highest BCUT2D eigenvalue weighted by molar-refractivity contribution is 5.48. The molecule has 2 rings (SSSR count). The van der Waals surface area contributed by atoms with Crippen LogP contribution in [-0.4, -0.2) is 36.8 Å². The summed E-state index contributed by atoms with van der Waals surface area (Å²) in [5.74, 6) is 7.73. The van der Waals surface area contributed by atoms with Gasteiger partial charge in [-0.1, -0.05) is 24.8 Å². The lowest BCUT2D eigenvalue weighted by molar-refractivity contribution is 0.185. The van der Waals surface area contributed by atoms with Gasteiger partial charge in [0.2, 0.25) is 0 Å². The lowest BCUT2D eigenvalue weighted by atomic mass is 9.98. The fraction of sp³-hybridized carbons (Fsp3) is 0.556. The van der Waals surface area contributed by atoms with Gasteiger partial charge in [0.25, 0.3) is 0 Å². The van der Waals surface area contributed by atoms with Crippen LogP contribution in [0.5, 0.6) is 5.75 Å². The van der Waals surface area contributed by atoms with E-state index in [1.165, 1.54) is 31.5 Å². The zero-order valence-corrected chi connectivity index (χ0v) is 13.1. The van der Waals surface area contributed by atoms with Crippen molar-refractivity contribution in [2.45, 2.75) is 32.7 Å². The van der Waals surface area contributed by atoms with Crippen LogP contribution < -0.4 is 4.74 Å². The lowest BCUT2D eigenvalue weighted by Crippen LogP contribution is -2.32. The standard InChI is InChI=1S/C18H25NO2/c1-15-8-10-19(11-9-15)14-16-6-7-18(21-2)17(13-16)5-3-4-12-20/h6-7,13,15,20H,4,8-12,14H2,1-2H3. The first kappa shape index (κ1) is 15.9. The van der Waals surface area contributed by atoms with Gasteiger partial charge in [-0.15, -0.1) is 0 Å². The number of ether oxygens (including phenoxy) is 1. The molecular weight excluding hydrogens is 262 g/mol. The fourth-order valence-corrected chi connectivity index (χ4v) is 2.64. The number of hydrogen-bond acceptors (Lipinski definition) is 3. The van der Waals surface area contributed by atoms with Gasteiger partial charge in [0.1, 0.15) is 5.75 Å². The number of piperidine rings is 1. The zero-order valence-electron chi connectivity index (χ0n) is 13.1. The summed E-state index contributed by atoms with van der Waals surface area (Å²) in [5.41, 5.74) is 2.19. The quantitative estimate of drug-likeness (QED) is 0.864. The molecule has 1 heterocycles. The summed E-state index contributed by atoms with van der Waals surface area (Å²) in [4.78, 5) is 2.51. The summed E-state index contributed by atoms with van der Waals surface area (Å²) < 4.78 is 5.36. The topological polar surface area (TPSA) is 32.7 Å². The molecule has 0 amide bonds. The number of rotatable bonds is 4. The van der Waals surface area contributed by atoms with Crippen LogP contribution in [0.1, 0.15) is 37.3 Å². The number of hydrogen-bond donors (Lipinski definition) is 1. The second kappa shape index (κ2) is 8.07. The van der Waals surface area contributed by atoms with E-state index in [0.29, 0.717) is 6.42 Å². The molecule has 1 saturated heterocycles. The molecule has 21 heavy (non-hydrogen) atoms. The van der Waals surface area contributed by atoms with Crippen LogP contribution in [0, 0.1) is 17.8 Å². The number of likely N-dealkylation sites (tertiary alicyclic amines) is 1. The first-order valence-corrected chi connectivity index (χ1v) is 7.72. The summed E-state index contributed by atoms with van der Waals surface area (Å²) in [5, 5.41) is 8.82. The van der Waals surface area contributed by atoms with Crippen LogP contribution in [0.4, 0.5) is 0 Å². The summed E-state index contributed by atoms with van der Waals surface area (Å²) in [6.07, 6.45) is 3.08. The number of benzene rings is 1. The Kier molecular flexibility index (Phi) is 6.10. The predicted molar refractivity (Wildman–Crippen MR) is 85.2 cm³/mol. The molecule has 0 radical (unpaired) electrons. The Morgan fingerprint density at radius 3 is 2.76 bits per heavy atom. The fourth-order valence-electron chi connectivity index (χ4n) is 2.64. The molecule has 0 spiro atoms. The van der Waals surface area contributed by atoms with Crippen molar-refractivity contribution in [2.24, 2.45) is 5.92 Å². The highest BCUT2D eigenvalue weighted by Crippen LogP contribution is 2.22. The molecule has 114 valence electrons. The predicted octanol–water partition coefficient (Wildman–Crippen LogP) is 2.66. The van der Waals surface area contributed by atoms with Crippen molar-refractivity contribution in [3.63, 3.8) is 0 Å². The molecule has 3 heteroatoms. The molecule has 1 N–H and O–H groups in total. The van der Waals surface area contributed by atoms with Crippen molar-refractivity contribution in [3.05, 3.63) is 29.3 Å². The second-order valence-electron chi connectivity index (χ2n) is 5.77. The Hall–Kier alpha value is -1.50. The van der Waals surface area contributed by atoms with Gasteiger partial charge in [-0.2, -0.15) is 0 Å². The van der Waals surface area contributed by atoms with Crippen molar-refractivity contribution in [3.8, 4) is 17.6 Å². The van der Waals surface area contributed by atoms with Gasteiger partial charge >= 0.3 is 0 Å². The average molecular weight is 287 g/mol. The summed E-state index contributed by atoms with van der Waals surface area (Å²) in [6.45, 7) is 5.77. The number of aliphatic hydroxyl groups is 1. The van der Waals surface area contributed by atoms with E-state index >= 15 is 0 Å². The lowest BCUT2D eigenvalue weighted by Gasteiger charge is -2.30. The highest BCUT2D eigenvalue weighted by Gasteiger charge is 2.16. The molecule has 0 atom stereocenters. The Morgan fingerprint density at radius 2 is 2.10 bits per heavy atom. The summed E-state index contributed by atoms with van der Waals surface area (Å²) in [7, 11) is 1.66. The molecule has 1 aromatic rings. The monoisotopic (exact) mass is 287 g/mol. The third-order valence-corrected chi connectivity index (χ3v) is 4.01. The SMILES string of the molecule is COc1ccc(CN2CCC(C)CC2)cc1C#CCCO. The highest BCUT2D eigenvalue weighted by atomic mass is 16.5. The van der Waals surface area contributed by atoms with Crippen molar-refractivity contribution >= 4 is 0 Å². The van der Waals surface area contributed by atoms with Crippen LogP contribution in [0.25, 0.3) is 0 Å². The molecular formula is C18H25NO2. The maximum absolute atomic E-state index is 8.82. The van der Waals surface area contributed by atoms with Crippen LogP contribution in [0.3, 0.4) is 0 Å². The van der Waals surface area contributed by atoms with Crippen LogP contribution >= 0.6 is 0 Å². The van der Waals surface area contributed by atoms with E-state index in [4.69, 9.17) is 9.84 Å². The molecule has 1 aliphatic heterocycles. The molecule has 0 saturated carbocycles. The molecule has 1 aromatic carbocycles. The Balaban J connectivity index is 2.07. The van der Waals surface area contributed by atoms with Crippen LogP contribution in [0.2, 0.25) is 0 Å². The van der Waals surface area contributed by atoms with Gasteiger partial charge < -0.3 is 9.84 Å². The summed E-state index contributed by atoms with van der Waals surface area (Å²) in [6, 6.07) is 6.22. The third-order valence-electron chi connectivity index (χ3n) is 4.01. The number of methoxy groups -OCH3 is 1. The Morgan fingerprint density at radius 1 is 1.33 bits per heavy atom. The Labute approximate surface area is 127 Å². The first-order valence-electron chi connectivity index (χ1n) is 7.72. The minimum atomic E-state index is 0.0982. The maximum atomic E-state index is 8.82. The largest absolute Gasteiger partial charge is 0.495 e. The minimum absolute atomic E-state index is 0.0982. The summed E-state index contributed by atoms with van der Waals surface area (Å²) >= 11 is 0. The maximum Gasteiger partial charge on any atom is 0.134 e. The van der Waals surface area contributed by atoms with E-state index in [-0.39, 0.29) is 6.61 Å². The molecule has 1 fully saturated rings. The van der Waals surface area contributed by atoms with E-state index in [9.17, 15) is 0 Å². The molecule has 3 nitrogen and oxygen atoms in total. The second-order valence-corrected chi connectivity index (χ2v) is 5.77. The zero-order chi connectivity index (χ0) is 15.1. The first-order chi connectivity index (χ1) is 10.2. The minimum Gasteiger partial charge on any atom is -0.495 e. The van der Waals surface area contributed by atoms with Gasteiger partial charge in [-0.3, -0.25) is 4.90 Å². The van der Waals surface area contributed by atoms with Crippen LogP contribution in [0.15, 0.2) is 18.2 Å². The van der Waals surface area contributed by atoms with Gasteiger partial charge in [0.15, 0.2) is 0 Å².